The van der Waals surface area contributed by atoms with Crippen molar-refractivity contribution in [2.24, 2.45) is 0 Å². The molecule has 4 rings (SSSR count). The fourth-order valence-corrected chi connectivity index (χ4v) is 3.89. The van der Waals surface area contributed by atoms with Gasteiger partial charge in [0.1, 0.15) is 11.4 Å². The first-order chi connectivity index (χ1) is 17.8. The smallest absolute Gasteiger partial charge is 0.338 e. The summed E-state index contributed by atoms with van der Waals surface area (Å²) in [5, 5.41) is 0.638. The van der Waals surface area contributed by atoms with Crippen molar-refractivity contribution in [1.29, 1.82) is 0 Å². The fraction of sp³-hybridized carbons (Fsp3) is 0.103. The molecule has 1 aromatic heterocycles. The number of methoxy groups -OCH3 is 2. The Balaban J connectivity index is 1.62. The molecule has 0 atom stereocenters. The molecule has 8 heteroatoms. The quantitative estimate of drug-likeness (QED) is 0.218. The highest BCUT2D eigenvalue weighted by atomic mass is 35.5. The average Bonchev–Trinajstić information content (AvgIpc) is 2.95. The molecule has 186 valence electrons. The second-order valence-electron chi connectivity index (χ2n) is 8.08. The molecule has 0 saturated heterocycles. The molecule has 0 saturated carbocycles. The van der Waals surface area contributed by atoms with E-state index in [1.807, 2.05) is 24.1 Å². The number of hydrogen-bond acceptors (Lipinski definition) is 7. The average molecular weight is 515 g/mol. The largest absolute Gasteiger partial charge is 0.497 e. The zero-order chi connectivity index (χ0) is 26.5. The van der Waals surface area contributed by atoms with Crippen LogP contribution in [0.15, 0.2) is 85.1 Å². The lowest BCUT2D eigenvalue weighted by atomic mass is 9.94. The Morgan fingerprint density at radius 2 is 1.49 bits per heavy atom. The van der Waals surface area contributed by atoms with E-state index in [9.17, 15) is 14.4 Å². The number of ketones is 2. The van der Waals surface area contributed by atoms with Gasteiger partial charge in [0, 0.05) is 34.4 Å². The molecule has 37 heavy (non-hydrogen) atoms. The van der Waals surface area contributed by atoms with Gasteiger partial charge >= 0.3 is 5.97 Å². The van der Waals surface area contributed by atoms with Crippen molar-refractivity contribution >= 4 is 40.5 Å². The minimum Gasteiger partial charge on any atom is -0.497 e. The number of ether oxygens (including phenoxy) is 2. The number of pyridine rings is 1. The van der Waals surface area contributed by atoms with Gasteiger partial charge in [-0.15, -0.1) is 0 Å². The first kappa shape index (κ1) is 25.6. The maximum atomic E-state index is 13.2. The summed E-state index contributed by atoms with van der Waals surface area (Å²) in [7, 11) is 4.59. The third-order valence-corrected chi connectivity index (χ3v) is 6.10. The van der Waals surface area contributed by atoms with E-state index in [1.54, 1.807) is 54.7 Å². The van der Waals surface area contributed by atoms with Crippen molar-refractivity contribution in [3.05, 3.63) is 118 Å². The van der Waals surface area contributed by atoms with Crippen molar-refractivity contribution < 1.29 is 23.9 Å². The van der Waals surface area contributed by atoms with Crippen LogP contribution in [-0.4, -0.2) is 43.8 Å². The lowest BCUT2D eigenvalue weighted by Crippen LogP contribution is -2.14. The Morgan fingerprint density at radius 1 is 0.784 bits per heavy atom. The van der Waals surface area contributed by atoms with Gasteiger partial charge < -0.3 is 14.4 Å². The number of aromatic nitrogens is 1. The number of anilines is 2. The molecular weight excluding hydrogens is 492 g/mol. The first-order valence-corrected chi connectivity index (χ1v) is 11.6. The van der Waals surface area contributed by atoms with Crippen LogP contribution in [0.25, 0.3) is 0 Å². The van der Waals surface area contributed by atoms with E-state index in [4.69, 9.17) is 21.1 Å². The maximum absolute atomic E-state index is 13.2. The van der Waals surface area contributed by atoms with Crippen LogP contribution >= 0.6 is 11.6 Å². The van der Waals surface area contributed by atoms with Crippen LogP contribution in [-0.2, 0) is 4.74 Å². The molecule has 0 N–H and O–H groups in total. The van der Waals surface area contributed by atoms with Crippen LogP contribution < -0.4 is 9.64 Å². The van der Waals surface area contributed by atoms with Gasteiger partial charge in [0.05, 0.1) is 31.7 Å². The van der Waals surface area contributed by atoms with E-state index in [2.05, 4.69) is 4.98 Å². The molecule has 4 aromatic rings. The summed E-state index contributed by atoms with van der Waals surface area (Å²) in [5.74, 6) is -1.01. The predicted octanol–water partition coefficient (Wildman–Crippen LogP) is 5.76. The number of nitrogens with zero attached hydrogens (tertiary/aromatic N) is 2. The maximum Gasteiger partial charge on any atom is 0.338 e. The van der Waals surface area contributed by atoms with Crippen LogP contribution in [0.2, 0.25) is 5.02 Å². The van der Waals surface area contributed by atoms with Gasteiger partial charge in [0.15, 0.2) is 5.78 Å². The van der Waals surface area contributed by atoms with E-state index in [1.165, 1.54) is 32.4 Å². The first-order valence-electron chi connectivity index (χ1n) is 11.2. The summed E-state index contributed by atoms with van der Waals surface area (Å²) in [6, 6.07) is 21.6. The van der Waals surface area contributed by atoms with Crippen LogP contribution in [0, 0.1) is 0 Å². The Kier molecular flexibility index (Phi) is 7.65. The molecule has 0 aliphatic heterocycles. The number of halogens is 1. The third-order valence-electron chi connectivity index (χ3n) is 5.85. The van der Waals surface area contributed by atoms with Crippen LogP contribution in [0.1, 0.15) is 42.3 Å². The Labute approximate surface area is 219 Å². The molecule has 0 aliphatic rings. The highest BCUT2D eigenvalue weighted by molar-refractivity contribution is 6.30. The van der Waals surface area contributed by atoms with Crippen molar-refractivity contribution in [2.75, 3.05) is 26.2 Å². The molecule has 7 nitrogen and oxygen atoms in total. The standard InChI is InChI=1S/C29H23ClN2O5/c1-32(21-10-8-20(30)9-11-21)22-12-14-26(31-17-22)28(34)19-7-13-24(25(16-19)29(35)37-3)27(33)18-5-4-6-23(15-18)36-2/h4-17H,1-3H3. The molecule has 0 spiro atoms. The van der Waals surface area contributed by atoms with Gasteiger partial charge in [-0.3, -0.25) is 14.6 Å². The van der Waals surface area contributed by atoms with Crippen molar-refractivity contribution in [3.63, 3.8) is 0 Å². The van der Waals surface area contributed by atoms with Crippen LogP contribution in [0.5, 0.6) is 5.75 Å². The number of esters is 1. The van der Waals surface area contributed by atoms with E-state index in [-0.39, 0.29) is 22.4 Å². The molecule has 0 amide bonds. The second-order valence-corrected chi connectivity index (χ2v) is 8.52. The Hall–Kier alpha value is -4.49. The summed E-state index contributed by atoms with van der Waals surface area (Å²) in [4.78, 5) is 45.1. The summed E-state index contributed by atoms with van der Waals surface area (Å²) < 4.78 is 10.1. The lowest BCUT2D eigenvalue weighted by Gasteiger charge is -2.19. The number of rotatable bonds is 8. The Bertz CT molecular complexity index is 1470. The Morgan fingerprint density at radius 3 is 2.14 bits per heavy atom. The van der Waals surface area contributed by atoms with Gasteiger partial charge in [0.25, 0.3) is 0 Å². The third kappa shape index (κ3) is 5.52. The van der Waals surface area contributed by atoms with Gasteiger partial charge in [-0.25, -0.2) is 4.79 Å². The SMILES string of the molecule is COC(=O)c1cc(C(=O)c2ccc(N(C)c3ccc(Cl)cc3)cn2)ccc1C(=O)c1cccc(OC)c1. The molecule has 0 fully saturated rings. The normalized spacial score (nSPS) is 10.5. The van der Waals surface area contributed by atoms with Crippen molar-refractivity contribution in [1.82, 2.24) is 4.98 Å². The molecule has 0 bridgehead atoms. The minimum atomic E-state index is -0.728. The highest BCUT2D eigenvalue weighted by Gasteiger charge is 2.22. The summed E-state index contributed by atoms with van der Waals surface area (Å²) in [6.45, 7) is 0. The van der Waals surface area contributed by atoms with E-state index in [0.29, 0.717) is 16.3 Å². The van der Waals surface area contributed by atoms with Gasteiger partial charge in [-0.1, -0.05) is 29.8 Å². The molecule has 3 aromatic carbocycles. The lowest BCUT2D eigenvalue weighted by molar-refractivity contribution is 0.0597. The van der Waals surface area contributed by atoms with E-state index in [0.717, 1.165) is 11.4 Å². The van der Waals surface area contributed by atoms with Gasteiger partial charge in [-0.05, 0) is 60.7 Å². The molecule has 0 aliphatic carbocycles. The predicted molar refractivity (Wildman–Crippen MR) is 141 cm³/mol. The van der Waals surface area contributed by atoms with Crippen LogP contribution in [0.4, 0.5) is 11.4 Å². The van der Waals surface area contributed by atoms with E-state index < -0.39 is 17.5 Å². The summed E-state index contributed by atoms with van der Waals surface area (Å²) >= 11 is 5.97. The number of hydrogen-bond donors (Lipinski definition) is 0. The summed E-state index contributed by atoms with van der Waals surface area (Å²) in [5.41, 5.74) is 2.51. The topological polar surface area (TPSA) is 85.8 Å². The highest BCUT2D eigenvalue weighted by Crippen LogP contribution is 2.26. The number of carbonyl (C=O) groups is 3. The molecular formula is C29H23ClN2O5. The molecule has 0 radical (unpaired) electrons. The molecule has 1 heterocycles. The fourth-order valence-electron chi connectivity index (χ4n) is 3.76. The number of carbonyl (C=O) groups excluding carboxylic acids is 3. The van der Waals surface area contributed by atoms with Gasteiger partial charge in [-0.2, -0.15) is 0 Å². The minimum absolute atomic E-state index is 0.0136. The summed E-state index contributed by atoms with van der Waals surface area (Å²) in [6.07, 6.45) is 1.59. The van der Waals surface area contributed by atoms with Crippen molar-refractivity contribution in [2.45, 2.75) is 0 Å². The number of benzene rings is 3. The monoisotopic (exact) mass is 514 g/mol. The van der Waals surface area contributed by atoms with Crippen LogP contribution in [0.3, 0.4) is 0 Å². The zero-order valence-electron chi connectivity index (χ0n) is 20.4. The van der Waals surface area contributed by atoms with E-state index >= 15 is 0 Å². The van der Waals surface area contributed by atoms with Crippen molar-refractivity contribution in [3.8, 4) is 5.75 Å². The molecule has 0 unspecified atom stereocenters. The van der Waals surface area contributed by atoms with Gasteiger partial charge in [0.2, 0.25) is 5.78 Å². The zero-order valence-corrected chi connectivity index (χ0v) is 21.2. The second kappa shape index (κ2) is 11.1.